The number of hydrogen-bond donors (Lipinski definition) is 1. The van der Waals surface area contributed by atoms with Gasteiger partial charge in [0, 0.05) is 12.1 Å². The molecule has 1 fully saturated rings. The third-order valence-corrected chi connectivity index (χ3v) is 2.63. The van der Waals surface area contributed by atoms with E-state index < -0.39 is 5.97 Å². The SMILES string of the molecule is O=C(O)c1cccn2c(C3CC3)nnc12. The molecule has 1 aliphatic carbocycles. The van der Waals surface area contributed by atoms with Crippen LogP contribution in [0.5, 0.6) is 0 Å². The summed E-state index contributed by atoms with van der Waals surface area (Å²) in [6.07, 6.45) is 4.06. The Hall–Kier alpha value is -1.91. The van der Waals surface area contributed by atoms with Crippen LogP contribution in [-0.4, -0.2) is 25.7 Å². The van der Waals surface area contributed by atoms with Gasteiger partial charge < -0.3 is 5.11 Å². The Labute approximate surface area is 85.4 Å². The zero-order valence-electron chi connectivity index (χ0n) is 7.92. The normalized spacial score (nSPS) is 15.7. The molecule has 5 heteroatoms. The Kier molecular flexibility index (Phi) is 1.56. The molecule has 0 bridgehead atoms. The van der Waals surface area contributed by atoms with Gasteiger partial charge in [-0.2, -0.15) is 0 Å². The first-order valence-electron chi connectivity index (χ1n) is 4.84. The van der Waals surface area contributed by atoms with E-state index in [0.717, 1.165) is 18.7 Å². The predicted molar refractivity (Wildman–Crippen MR) is 51.9 cm³/mol. The van der Waals surface area contributed by atoms with Crippen molar-refractivity contribution in [2.24, 2.45) is 0 Å². The first-order valence-corrected chi connectivity index (χ1v) is 4.84. The highest BCUT2D eigenvalue weighted by atomic mass is 16.4. The summed E-state index contributed by atoms with van der Waals surface area (Å²) < 4.78 is 1.78. The first kappa shape index (κ1) is 8.40. The van der Waals surface area contributed by atoms with Crippen LogP contribution >= 0.6 is 0 Å². The quantitative estimate of drug-likeness (QED) is 0.798. The number of rotatable bonds is 2. The van der Waals surface area contributed by atoms with Crippen LogP contribution in [0.2, 0.25) is 0 Å². The first-order chi connectivity index (χ1) is 7.27. The lowest BCUT2D eigenvalue weighted by Crippen LogP contribution is -2.01. The summed E-state index contributed by atoms with van der Waals surface area (Å²) >= 11 is 0. The van der Waals surface area contributed by atoms with Crippen LogP contribution in [0.25, 0.3) is 5.65 Å². The van der Waals surface area contributed by atoms with Crippen molar-refractivity contribution in [3.05, 3.63) is 29.7 Å². The van der Waals surface area contributed by atoms with Crippen molar-refractivity contribution in [3.8, 4) is 0 Å². The van der Waals surface area contributed by atoms with Gasteiger partial charge in [0.2, 0.25) is 0 Å². The minimum atomic E-state index is -0.963. The summed E-state index contributed by atoms with van der Waals surface area (Å²) in [4.78, 5) is 10.9. The molecule has 5 nitrogen and oxygen atoms in total. The monoisotopic (exact) mass is 203 g/mol. The van der Waals surface area contributed by atoms with E-state index in [1.54, 1.807) is 16.5 Å². The molecule has 2 aromatic rings. The van der Waals surface area contributed by atoms with Gasteiger partial charge in [-0.1, -0.05) is 0 Å². The maximum Gasteiger partial charge on any atom is 0.339 e. The summed E-state index contributed by atoms with van der Waals surface area (Å²) in [6.45, 7) is 0. The van der Waals surface area contributed by atoms with Gasteiger partial charge in [-0.05, 0) is 25.0 Å². The zero-order valence-corrected chi connectivity index (χ0v) is 7.92. The van der Waals surface area contributed by atoms with Gasteiger partial charge in [0.15, 0.2) is 5.65 Å². The number of fused-ring (bicyclic) bond motifs is 1. The van der Waals surface area contributed by atoms with Gasteiger partial charge in [0.05, 0.1) is 0 Å². The summed E-state index contributed by atoms with van der Waals surface area (Å²) in [5.41, 5.74) is 0.642. The molecule has 1 aliphatic rings. The summed E-state index contributed by atoms with van der Waals surface area (Å²) in [7, 11) is 0. The van der Waals surface area contributed by atoms with Gasteiger partial charge in [-0.3, -0.25) is 4.40 Å². The van der Waals surface area contributed by atoms with Crippen molar-refractivity contribution in [1.82, 2.24) is 14.6 Å². The number of aromatic nitrogens is 3. The average Bonchev–Trinajstić information content (AvgIpc) is 2.97. The molecule has 2 aromatic heterocycles. The molecular formula is C10H9N3O2. The van der Waals surface area contributed by atoms with E-state index in [4.69, 9.17) is 5.11 Å². The summed E-state index contributed by atoms with van der Waals surface area (Å²) in [6, 6.07) is 3.26. The van der Waals surface area contributed by atoms with Crippen LogP contribution < -0.4 is 0 Å². The molecule has 0 aromatic carbocycles. The molecule has 1 N–H and O–H groups in total. The van der Waals surface area contributed by atoms with Gasteiger partial charge in [-0.15, -0.1) is 10.2 Å². The molecule has 15 heavy (non-hydrogen) atoms. The average molecular weight is 203 g/mol. The van der Waals surface area contributed by atoms with E-state index in [2.05, 4.69) is 10.2 Å². The second kappa shape index (κ2) is 2.79. The van der Waals surface area contributed by atoms with Crippen molar-refractivity contribution >= 4 is 11.6 Å². The number of aromatic carboxylic acids is 1. The number of carboxylic acids is 1. The molecule has 1 saturated carbocycles. The highest BCUT2D eigenvalue weighted by Gasteiger charge is 2.29. The lowest BCUT2D eigenvalue weighted by Gasteiger charge is -1.98. The number of carbonyl (C=O) groups is 1. The fourth-order valence-electron chi connectivity index (χ4n) is 1.72. The molecule has 0 aliphatic heterocycles. The highest BCUT2D eigenvalue weighted by molar-refractivity contribution is 5.94. The fraction of sp³-hybridized carbons (Fsp3) is 0.300. The molecule has 0 spiro atoms. The number of carboxylic acid groups (broad SMARTS) is 1. The van der Waals surface area contributed by atoms with Crippen LogP contribution in [-0.2, 0) is 0 Å². The molecule has 0 unspecified atom stereocenters. The van der Waals surface area contributed by atoms with Crippen LogP contribution in [0.15, 0.2) is 18.3 Å². The van der Waals surface area contributed by atoms with Gasteiger partial charge in [0.1, 0.15) is 11.4 Å². The van der Waals surface area contributed by atoms with Gasteiger partial charge in [0.25, 0.3) is 0 Å². The van der Waals surface area contributed by atoms with Crippen LogP contribution in [0.1, 0.15) is 34.9 Å². The number of hydrogen-bond acceptors (Lipinski definition) is 3. The third kappa shape index (κ3) is 1.20. The minimum absolute atomic E-state index is 0.205. The van der Waals surface area contributed by atoms with Crippen molar-refractivity contribution in [1.29, 1.82) is 0 Å². The topological polar surface area (TPSA) is 67.5 Å². The molecule has 0 radical (unpaired) electrons. The Bertz CT molecular complexity index is 543. The third-order valence-electron chi connectivity index (χ3n) is 2.63. The molecule has 0 amide bonds. The predicted octanol–water partition coefficient (Wildman–Crippen LogP) is 1.30. The fourth-order valence-corrected chi connectivity index (χ4v) is 1.72. The summed E-state index contributed by atoms with van der Waals surface area (Å²) in [5, 5.41) is 16.9. The molecule has 0 atom stereocenters. The maximum absolute atomic E-state index is 10.9. The van der Waals surface area contributed by atoms with Crippen molar-refractivity contribution in [2.75, 3.05) is 0 Å². The molecule has 2 heterocycles. The zero-order chi connectivity index (χ0) is 10.4. The molecule has 76 valence electrons. The van der Waals surface area contributed by atoms with E-state index in [1.807, 2.05) is 6.20 Å². The second-order valence-electron chi connectivity index (χ2n) is 3.75. The van der Waals surface area contributed by atoms with E-state index in [-0.39, 0.29) is 5.56 Å². The minimum Gasteiger partial charge on any atom is -0.478 e. The Morgan fingerprint density at radius 3 is 2.93 bits per heavy atom. The number of pyridine rings is 1. The lowest BCUT2D eigenvalue weighted by molar-refractivity contribution is 0.0698. The van der Waals surface area contributed by atoms with Gasteiger partial charge >= 0.3 is 5.97 Å². The van der Waals surface area contributed by atoms with E-state index in [9.17, 15) is 4.79 Å². The van der Waals surface area contributed by atoms with Gasteiger partial charge in [-0.25, -0.2) is 4.79 Å². The Morgan fingerprint density at radius 2 is 2.27 bits per heavy atom. The van der Waals surface area contributed by atoms with Crippen LogP contribution in [0, 0.1) is 0 Å². The smallest absolute Gasteiger partial charge is 0.339 e. The van der Waals surface area contributed by atoms with Crippen LogP contribution in [0.4, 0.5) is 0 Å². The van der Waals surface area contributed by atoms with Crippen LogP contribution in [0.3, 0.4) is 0 Å². The lowest BCUT2D eigenvalue weighted by atomic mass is 10.2. The standard InChI is InChI=1S/C10H9N3O2/c14-10(15)7-2-1-5-13-8(6-3-4-6)11-12-9(7)13/h1-2,5-6H,3-4H2,(H,14,15). The van der Waals surface area contributed by atoms with E-state index in [0.29, 0.717) is 11.6 Å². The Morgan fingerprint density at radius 1 is 1.47 bits per heavy atom. The molecular weight excluding hydrogens is 194 g/mol. The van der Waals surface area contributed by atoms with E-state index in [1.165, 1.54) is 0 Å². The summed E-state index contributed by atoms with van der Waals surface area (Å²) in [5.74, 6) is 0.382. The van der Waals surface area contributed by atoms with E-state index >= 15 is 0 Å². The number of nitrogens with zero attached hydrogens (tertiary/aromatic N) is 3. The largest absolute Gasteiger partial charge is 0.478 e. The molecule has 3 rings (SSSR count). The van der Waals surface area contributed by atoms with Crippen molar-refractivity contribution in [3.63, 3.8) is 0 Å². The van der Waals surface area contributed by atoms with Crippen molar-refractivity contribution in [2.45, 2.75) is 18.8 Å². The Balaban J connectivity index is 2.27. The highest BCUT2D eigenvalue weighted by Crippen LogP contribution is 2.39. The maximum atomic E-state index is 10.9. The molecule has 0 saturated heterocycles. The second-order valence-corrected chi connectivity index (χ2v) is 3.75. The van der Waals surface area contributed by atoms with Crippen molar-refractivity contribution < 1.29 is 9.90 Å².